The highest BCUT2D eigenvalue weighted by molar-refractivity contribution is 5.73. The summed E-state index contributed by atoms with van der Waals surface area (Å²) in [5.74, 6) is -0.796. The van der Waals surface area contributed by atoms with Gasteiger partial charge >= 0.3 is 5.97 Å². The molecule has 82 valence electrons. The fourth-order valence-corrected chi connectivity index (χ4v) is 1.47. The summed E-state index contributed by atoms with van der Waals surface area (Å²) in [7, 11) is 0. The van der Waals surface area contributed by atoms with Crippen LogP contribution in [0.4, 0.5) is 5.69 Å². The zero-order valence-corrected chi connectivity index (χ0v) is 9.45. The lowest BCUT2D eigenvalue weighted by atomic mass is 10.1. The van der Waals surface area contributed by atoms with E-state index in [1.807, 2.05) is 43.9 Å². The first kappa shape index (κ1) is 11.6. The van der Waals surface area contributed by atoms with Crippen molar-refractivity contribution in [3.8, 4) is 0 Å². The van der Waals surface area contributed by atoms with Crippen LogP contribution in [0.25, 0.3) is 0 Å². The van der Waals surface area contributed by atoms with E-state index in [1.165, 1.54) is 11.1 Å². The minimum atomic E-state index is -0.796. The Morgan fingerprint density at radius 3 is 2.47 bits per heavy atom. The lowest BCUT2D eigenvalue weighted by Crippen LogP contribution is -2.29. The fourth-order valence-electron chi connectivity index (χ4n) is 1.47. The molecule has 0 bridgehead atoms. The summed E-state index contributed by atoms with van der Waals surface area (Å²) >= 11 is 0. The van der Waals surface area contributed by atoms with E-state index in [0.29, 0.717) is 6.54 Å². The molecule has 3 heteroatoms. The predicted molar refractivity (Wildman–Crippen MR) is 61.4 cm³/mol. The lowest BCUT2D eigenvalue weighted by Gasteiger charge is -2.21. The van der Waals surface area contributed by atoms with E-state index >= 15 is 0 Å². The molecule has 0 spiro atoms. The minimum Gasteiger partial charge on any atom is -0.480 e. The molecule has 1 rings (SSSR count). The van der Waals surface area contributed by atoms with Gasteiger partial charge in [-0.1, -0.05) is 6.07 Å². The van der Waals surface area contributed by atoms with Crippen molar-refractivity contribution < 1.29 is 9.90 Å². The molecule has 0 aliphatic carbocycles. The topological polar surface area (TPSA) is 40.5 Å². The van der Waals surface area contributed by atoms with Crippen LogP contribution in [-0.2, 0) is 4.79 Å². The number of anilines is 1. The van der Waals surface area contributed by atoms with Gasteiger partial charge in [0, 0.05) is 12.2 Å². The molecule has 1 aromatic carbocycles. The molecular formula is C12H17NO2. The van der Waals surface area contributed by atoms with Crippen molar-refractivity contribution in [2.75, 3.05) is 18.0 Å². The highest BCUT2D eigenvalue weighted by Crippen LogP contribution is 2.18. The number of hydrogen-bond donors (Lipinski definition) is 1. The number of aliphatic carboxylic acids is 1. The van der Waals surface area contributed by atoms with E-state index in [-0.39, 0.29) is 6.54 Å². The zero-order valence-electron chi connectivity index (χ0n) is 9.45. The van der Waals surface area contributed by atoms with Crippen LogP contribution in [0.3, 0.4) is 0 Å². The molecule has 0 amide bonds. The highest BCUT2D eigenvalue weighted by Gasteiger charge is 2.08. The quantitative estimate of drug-likeness (QED) is 0.823. The molecule has 1 aromatic rings. The molecule has 15 heavy (non-hydrogen) atoms. The molecule has 3 nitrogen and oxygen atoms in total. The van der Waals surface area contributed by atoms with Gasteiger partial charge in [-0.05, 0) is 44.0 Å². The predicted octanol–water partition coefficient (Wildman–Crippen LogP) is 2.21. The second-order valence-corrected chi connectivity index (χ2v) is 3.68. The maximum Gasteiger partial charge on any atom is 0.323 e. The van der Waals surface area contributed by atoms with Crippen molar-refractivity contribution in [1.29, 1.82) is 0 Å². The molecule has 0 aromatic heterocycles. The fraction of sp³-hybridized carbons (Fsp3) is 0.417. The van der Waals surface area contributed by atoms with Gasteiger partial charge in [-0.2, -0.15) is 0 Å². The van der Waals surface area contributed by atoms with Gasteiger partial charge in [-0.25, -0.2) is 0 Å². The second kappa shape index (κ2) is 4.82. The first-order chi connectivity index (χ1) is 7.04. The van der Waals surface area contributed by atoms with Gasteiger partial charge < -0.3 is 10.0 Å². The van der Waals surface area contributed by atoms with Crippen LogP contribution in [-0.4, -0.2) is 24.2 Å². The van der Waals surface area contributed by atoms with E-state index < -0.39 is 5.97 Å². The van der Waals surface area contributed by atoms with E-state index in [9.17, 15) is 4.79 Å². The largest absolute Gasteiger partial charge is 0.480 e. The highest BCUT2D eigenvalue weighted by atomic mass is 16.4. The molecule has 1 N–H and O–H groups in total. The Morgan fingerprint density at radius 1 is 1.33 bits per heavy atom. The maximum atomic E-state index is 10.7. The Morgan fingerprint density at radius 2 is 2.00 bits per heavy atom. The smallest absolute Gasteiger partial charge is 0.323 e. The van der Waals surface area contributed by atoms with Crippen LogP contribution in [0.2, 0.25) is 0 Å². The molecule has 0 unspecified atom stereocenters. The van der Waals surface area contributed by atoms with E-state index in [0.717, 1.165) is 5.69 Å². The van der Waals surface area contributed by atoms with E-state index in [1.54, 1.807) is 0 Å². The van der Waals surface area contributed by atoms with Crippen molar-refractivity contribution >= 4 is 11.7 Å². The summed E-state index contributed by atoms with van der Waals surface area (Å²) in [6, 6.07) is 6.02. The van der Waals surface area contributed by atoms with Gasteiger partial charge in [0.25, 0.3) is 0 Å². The number of aryl methyl sites for hydroxylation is 2. The molecule has 0 atom stereocenters. The number of carboxylic acid groups (broad SMARTS) is 1. The first-order valence-electron chi connectivity index (χ1n) is 5.08. The van der Waals surface area contributed by atoms with Crippen molar-refractivity contribution in [1.82, 2.24) is 0 Å². The number of carbonyl (C=O) groups is 1. The average Bonchev–Trinajstić information content (AvgIpc) is 2.18. The molecule has 0 heterocycles. The average molecular weight is 207 g/mol. The van der Waals surface area contributed by atoms with Crippen molar-refractivity contribution in [2.45, 2.75) is 20.8 Å². The first-order valence-corrected chi connectivity index (χ1v) is 5.08. The van der Waals surface area contributed by atoms with Gasteiger partial charge in [-0.15, -0.1) is 0 Å². The van der Waals surface area contributed by atoms with Crippen LogP contribution in [0, 0.1) is 13.8 Å². The molecule has 0 saturated heterocycles. The normalized spacial score (nSPS) is 10.1. The number of nitrogens with zero attached hydrogens (tertiary/aromatic N) is 1. The molecular weight excluding hydrogens is 190 g/mol. The maximum absolute atomic E-state index is 10.7. The van der Waals surface area contributed by atoms with Crippen molar-refractivity contribution in [2.24, 2.45) is 0 Å². The SMILES string of the molecule is CCN(CC(=O)O)c1ccc(C)c(C)c1. The number of hydrogen-bond acceptors (Lipinski definition) is 2. The third-order valence-electron chi connectivity index (χ3n) is 2.56. The van der Waals surface area contributed by atoms with Crippen LogP contribution in [0.1, 0.15) is 18.1 Å². The summed E-state index contributed by atoms with van der Waals surface area (Å²) in [6.07, 6.45) is 0. The number of benzene rings is 1. The van der Waals surface area contributed by atoms with Crippen LogP contribution >= 0.6 is 0 Å². The standard InChI is InChI=1S/C12H17NO2/c1-4-13(8-12(14)15)11-6-5-9(2)10(3)7-11/h5-7H,4,8H2,1-3H3,(H,14,15). The van der Waals surface area contributed by atoms with Gasteiger partial charge in [-0.3, -0.25) is 4.79 Å². The molecule has 0 saturated carbocycles. The lowest BCUT2D eigenvalue weighted by molar-refractivity contribution is -0.135. The summed E-state index contributed by atoms with van der Waals surface area (Å²) in [5.41, 5.74) is 3.39. The third-order valence-corrected chi connectivity index (χ3v) is 2.56. The van der Waals surface area contributed by atoms with Gasteiger partial charge in [0.05, 0.1) is 0 Å². The Labute approximate surface area is 90.3 Å². The molecule has 0 aliphatic heterocycles. The van der Waals surface area contributed by atoms with Crippen LogP contribution in [0.15, 0.2) is 18.2 Å². The molecule has 0 radical (unpaired) electrons. The second-order valence-electron chi connectivity index (χ2n) is 3.68. The summed E-state index contributed by atoms with van der Waals surface area (Å²) in [5, 5.41) is 8.76. The third kappa shape index (κ3) is 2.98. The minimum absolute atomic E-state index is 0.0546. The zero-order chi connectivity index (χ0) is 11.4. The number of rotatable bonds is 4. The summed E-state index contributed by atoms with van der Waals surface area (Å²) in [6.45, 7) is 6.80. The van der Waals surface area contributed by atoms with Crippen LogP contribution < -0.4 is 4.90 Å². The van der Waals surface area contributed by atoms with Crippen molar-refractivity contribution in [3.63, 3.8) is 0 Å². The Kier molecular flexibility index (Phi) is 3.72. The summed E-state index contributed by atoms with van der Waals surface area (Å²) < 4.78 is 0. The van der Waals surface area contributed by atoms with Gasteiger partial charge in [0.15, 0.2) is 0 Å². The monoisotopic (exact) mass is 207 g/mol. The Bertz CT molecular complexity index is 361. The van der Waals surface area contributed by atoms with Crippen LogP contribution in [0.5, 0.6) is 0 Å². The van der Waals surface area contributed by atoms with Gasteiger partial charge in [0.2, 0.25) is 0 Å². The van der Waals surface area contributed by atoms with Gasteiger partial charge in [0.1, 0.15) is 6.54 Å². The molecule has 0 aliphatic rings. The number of likely N-dealkylation sites (N-methyl/N-ethyl adjacent to an activating group) is 1. The Balaban J connectivity index is 2.92. The Hall–Kier alpha value is -1.51. The van der Waals surface area contributed by atoms with Crippen molar-refractivity contribution in [3.05, 3.63) is 29.3 Å². The number of carboxylic acids is 1. The van der Waals surface area contributed by atoms with E-state index in [2.05, 4.69) is 0 Å². The summed E-state index contributed by atoms with van der Waals surface area (Å²) in [4.78, 5) is 12.5. The molecule has 0 fully saturated rings. The van der Waals surface area contributed by atoms with E-state index in [4.69, 9.17) is 5.11 Å².